The second kappa shape index (κ2) is 7.67. The highest BCUT2D eigenvalue weighted by molar-refractivity contribution is 5.87. The van der Waals surface area contributed by atoms with Gasteiger partial charge >= 0.3 is 5.97 Å². The molecule has 1 aliphatic rings. The maximum absolute atomic E-state index is 11.9. The Bertz CT molecular complexity index is 705. The number of benzene rings is 2. The third-order valence-corrected chi connectivity index (χ3v) is 4.78. The number of hydrogen-bond acceptors (Lipinski definition) is 4. The largest absolute Gasteiger partial charge is 0.497 e. The molecule has 0 unspecified atom stereocenters. The van der Waals surface area contributed by atoms with Gasteiger partial charge in [-0.05, 0) is 61.3 Å². The first-order valence-corrected chi connectivity index (χ1v) is 8.66. The number of likely N-dealkylation sites (tertiary alicyclic amines) is 1. The van der Waals surface area contributed by atoms with E-state index in [2.05, 4.69) is 35.2 Å². The molecule has 0 N–H and O–H groups in total. The van der Waals surface area contributed by atoms with Crippen LogP contribution >= 0.6 is 0 Å². The van der Waals surface area contributed by atoms with Crippen LogP contribution < -0.4 is 4.74 Å². The third kappa shape index (κ3) is 3.70. The van der Waals surface area contributed by atoms with Gasteiger partial charge in [0.25, 0.3) is 0 Å². The summed E-state index contributed by atoms with van der Waals surface area (Å²) in [6.45, 7) is 5.10. The number of nitrogens with zero attached hydrogens (tertiary/aromatic N) is 1. The van der Waals surface area contributed by atoms with Gasteiger partial charge in [0.1, 0.15) is 5.75 Å². The predicted molar refractivity (Wildman–Crippen MR) is 95.1 cm³/mol. The van der Waals surface area contributed by atoms with E-state index in [1.165, 1.54) is 16.3 Å². The minimum Gasteiger partial charge on any atom is -0.497 e. The van der Waals surface area contributed by atoms with E-state index in [9.17, 15) is 4.79 Å². The number of fused-ring (bicyclic) bond motifs is 1. The van der Waals surface area contributed by atoms with Gasteiger partial charge in [-0.15, -0.1) is 0 Å². The van der Waals surface area contributed by atoms with Crippen molar-refractivity contribution < 1.29 is 14.3 Å². The van der Waals surface area contributed by atoms with Gasteiger partial charge in [0, 0.05) is 6.54 Å². The zero-order chi connectivity index (χ0) is 16.9. The lowest BCUT2D eigenvalue weighted by Gasteiger charge is -2.31. The Morgan fingerprint density at radius 3 is 2.71 bits per heavy atom. The van der Waals surface area contributed by atoms with Crippen molar-refractivity contribution in [3.63, 3.8) is 0 Å². The Morgan fingerprint density at radius 2 is 2.00 bits per heavy atom. The number of piperidine rings is 1. The Kier molecular flexibility index (Phi) is 5.36. The smallest absolute Gasteiger partial charge is 0.309 e. The lowest BCUT2D eigenvalue weighted by atomic mass is 9.96. The van der Waals surface area contributed by atoms with Crippen molar-refractivity contribution in [2.24, 2.45) is 5.92 Å². The number of esters is 1. The fraction of sp³-hybridized carbons (Fsp3) is 0.450. The van der Waals surface area contributed by atoms with Gasteiger partial charge in [0.15, 0.2) is 0 Å². The molecule has 0 bridgehead atoms. The molecule has 1 aliphatic heterocycles. The summed E-state index contributed by atoms with van der Waals surface area (Å²) in [5, 5.41) is 2.47. The molecule has 1 saturated heterocycles. The average molecular weight is 327 g/mol. The van der Waals surface area contributed by atoms with E-state index in [1.807, 2.05) is 13.0 Å². The SMILES string of the molecule is CCOC(=O)C1CCN(Cc2cccc3ccc(OC)cc23)CC1. The van der Waals surface area contributed by atoms with Gasteiger partial charge in [0.2, 0.25) is 0 Å². The van der Waals surface area contributed by atoms with Crippen molar-refractivity contribution in [2.45, 2.75) is 26.3 Å². The Morgan fingerprint density at radius 1 is 1.21 bits per heavy atom. The average Bonchev–Trinajstić information content (AvgIpc) is 2.62. The van der Waals surface area contributed by atoms with E-state index in [0.717, 1.165) is 38.2 Å². The molecule has 2 aromatic carbocycles. The molecule has 128 valence electrons. The first-order chi connectivity index (χ1) is 11.7. The molecule has 4 heteroatoms. The lowest BCUT2D eigenvalue weighted by Crippen LogP contribution is -2.36. The van der Waals surface area contributed by atoms with Crippen molar-refractivity contribution in [1.29, 1.82) is 0 Å². The highest BCUT2D eigenvalue weighted by Gasteiger charge is 2.26. The summed E-state index contributed by atoms with van der Waals surface area (Å²) in [7, 11) is 1.70. The number of carbonyl (C=O) groups excluding carboxylic acids is 1. The number of carbonyl (C=O) groups is 1. The lowest BCUT2D eigenvalue weighted by molar-refractivity contribution is -0.149. The summed E-state index contributed by atoms with van der Waals surface area (Å²) < 4.78 is 10.5. The van der Waals surface area contributed by atoms with Crippen LogP contribution in [0.1, 0.15) is 25.3 Å². The van der Waals surface area contributed by atoms with E-state index < -0.39 is 0 Å². The molecule has 2 aromatic rings. The number of methoxy groups -OCH3 is 1. The van der Waals surface area contributed by atoms with Crippen LogP contribution in [0, 0.1) is 5.92 Å². The third-order valence-electron chi connectivity index (χ3n) is 4.78. The maximum Gasteiger partial charge on any atom is 0.309 e. The molecule has 0 amide bonds. The summed E-state index contributed by atoms with van der Waals surface area (Å²) >= 11 is 0. The van der Waals surface area contributed by atoms with Crippen molar-refractivity contribution in [2.75, 3.05) is 26.8 Å². The van der Waals surface area contributed by atoms with E-state index in [4.69, 9.17) is 9.47 Å². The molecule has 0 aromatic heterocycles. The molecule has 0 atom stereocenters. The molecule has 0 radical (unpaired) electrons. The first kappa shape index (κ1) is 16.8. The molecule has 1 heterocycles. The summed E-state index contributed by atoms with van der Waals surface area (Å²) in [6.07, 6.45) is 1.76. The van der Waals surface area contributed by atoms with Crippen LogP contribution in [0.15, 0.2) is 36.4 Å². The van der Waals surface area contributed by atoms with Crippen LogP contribution in [0.4, 0.5) is 0 Å². The maximum atomic E-state index is 11.9. The van der Waals surface area contributed by atoms with Gasteiger partial charge in [-0.3, -0.25) is 9.69 Å². The Labute approximate surface area is 143 Å². The van der Waals surface area contributed by atoms with Crippen LogP contribution in [0.3, 0.4) is 0 Å². The summed E-state index contributed by atoms with van der Waals surface area (Å²) in [4.78, 5) is 14.3. The van der Waals surface area contributed by atoms with Gasteiger partial charge in [0.05, 0.1) is 19.6 Å². The fourth-order valence-electron chi connectivity index (χ4n) is 3.41. The topological polar surface area (TPSA) is 38.8 Å². The van der Waals surface area contributed by atoms with Gasteiger partial charge in [-0.25, -0.2) is 0 Å². The van der Waals surface area contributed by atoms with E-state index in [0.29, 0.717) is 6.61 Å². The monoisotopic (exact) mass is 327 g/mol. The highest BCUT2D eigenvalue weighted by Crippen LogP contribution is 2.27. The molecule has 4 nitrogen and oxygen atoms in total. The molecule has 1 fully saturated rings. The van der Waals surface area contributed by atoms with Crippen molar-refractivity contribution in [3.05, 3.63) is 42.0 Å². The van der Waals surface area contributed by atoms with Gasteiger partial charge in [-0.1, -0.05) is 24.3 Å². The van der Waals surface area contributed by atoms with Crippen LogP contribution in [0.5, 0.6) is 5.75 Å². The van der Waals surface area contributed by atoms with E-state index >= 15 is 0 Å². The molecule has 3 rings (SSSR count). The molecular weight excluding hydrogens is 302 g/mol. The quantitative estimate of drug-likeness (QED) is 0.786. The fourth-order valence-corrected chi connectivity index (χ4v) is 3.41. The Hall–Kier alpha value is -2.07. The van der Waals surface area contributed by atoms with Crippen molar-refractivity contribution in [3.8, 4) is 5.75 Å². The first-order valence-electron chi connectivity index (χ1n) is 8.66. The number of hydrogen-bond donors (Lipinski definition) is 0. The Balaban J connectivity index is 1.69. The highest BCUT2D eigenvalue weighted by atomic mass is 16.5. The van der Waals surface area contributed by atoms with E-state index in [1.54, 1.807) is 7.11 Å². The van der Waals surface area contributed by atoms with Crippen LogP contribution in [0.2, 0.25) is 0 Å². The van der Waals surface area contributed by atoms with Crippen molar-refractivity contribution >= 4 is 16.7 Å². The van der Waals surface area contributed by atoms with Crippen molar-refractivity contribution in [1.82, 2.24) is 4.90 Å². The molecule has 0 spiro atoms. The zero-order valence-electron chi connectivity index (χ0n) is 14.5. The number of ether oxygens (including phenoxy) is 2. The predicted octanol–water partition coefficient (Wildman–Crippen LogP) is 3.62. The van der Waals surface area contributed by atoms with Crippen LogP contribution in [-0.2, 0) is 16.1 Å². The molecule has 24 heavy (non-hydrogen) atoms. The van der Waals surface area contributed by atoms with Gasteiger partial charge in [-0.2, -0.15) is 0 Å². The standard InChI is InChI=1S/C20H25NO3/c1-3-24-20(22)16-9-11-21(12-10-16)14-17-6-4-5-15-7-8-18(23-2)13-19(15)17/h4-8,13,16H,3,9-12,14H2,1-2H3. The van der Waals surface area contributed by atoms with Crippen LogP contribution in [0.25, 0.3) is 10.8 Å². The van der Waals surface area contributed by atoms with Crippen LogP contribution in [-0.4, -0.2) is 37.7 Å². The van der Waals surface area contributed by atoms with Gasteiger partial charge < -0.3 is 9.47 Å². The molecule has 0 saturated carbocycles. The van der Waals surface area contributed by atoms with E-state index in [-0.39, 0.29) is 11.9 Å². The second-order valence-electron chi connectivity index (χ2n) is 6.31. The minimum atomic E-state index is -0.0351. The molecular formula is C20H25NO3. The molecule has 0 aliphatic carbocycles. The number of rotatable bonds is 5. The normalized spacial score (nSPS) is 16.2. The summed E-state index contributed by atoms with van der Waals surface area (Å²) in [6, 6.07) is 12.6. The second-order valence-corrected chi connectivity index (χ2v) is 6.31. The zero-order valence-corrected chi connectivity index (χ0v) is 14.5. The summed E-state index contributed by atoms with van der Waals surface area (Å²) in [5.41, 5.74) is 1.31. The minimum absolute atomic E-state index is 0.0351. The summed E-state index contributed by atoms with van der Waals surface area (Å²) in [5.74, 6) is 0.914.